The Kier molecular flexibility index (Phi) is 9.14. The average molecular weight is 444 g/mol. The van der Waals surface area contributed by atoms with Gasteiger partial charge in [0, 0.05) is 30.7 Å². The fourth-order valence-electron chi connectivity index (χ4n) is 3.09. The summed E-state index contributed by atoms with van der Waals surface area (Å²) in [6, 6.07) is 3.72. The summed E-state index contributed by atoms with van der Waals surface area (Å²) in [7, 11) is 0. The van der Waals surface area contributed by atoms with Crippen molar-refractivity contribution >= 4 is 45.7 Å². The number of thiazole rings is 1. The Labute approximate surface area is 179 Å². The Balaban J connectivity index is 1.33. The van der Waals surface area contributed by atoms with Crippen molar-refractivity contribution in [2.45, 2.75) is 43.0 Å². The summed E-state index contributed by atoms with van der Waals surface area (Å²) in [4.78, 5) is 4.56. The van der Waals surface area contributed by atoms with Crippen LogP contribution in [-0.4, -0.2) is 37.2 Å². The SMILES string of the molecule is Fc1cc(NCCCCNC[C@@H]2CCCCN2)c(Cl)cc1SNc1nccs1. The number of hydrogen-bond donors (Lipinski definition) is 4. The van der Waals surface area contributed by atoms with Gasteiger partial charge in [-0.1, -0.05) is 18.0 Å². The largest absolute Gasteiger partial charge is 0.384 e. The molecule has 0 unspecified atom stereocenters. The van der Waals surface area contributed by atoms with E-state index in [2.05, 4.69) is 25.7 Å². The zero-order valence-corrected chi connectivity index (χ0v) is 18.2. The van der Waals surface area contributed by atoms with Gasteiger partial charge in [-0.15, -0.1) is 11.3 Å². The van der Waals surface area contributed by atoms with Crippen LogP contribution in [-0.2, 0) is 0 Å². The molecule has 1 aliphatic heterocycles. The monoisotopic (exact) mass is 443 g/mol. The number of rotatable bonds is 11. The van der Waals surface area contributed by atoms with Crippen LogP contribution in [0.3, 0.4) is 0 Å². The van der Waals surface area contributed by atoms with Crippen LogP contribution in [0.1, 0.15) is 32.1 Å². The van der Waals surface area contributed by atoms with Gasteiger partial charge in [0.05, 0.1) is 15.6 Å². The number of aromatic nitrogens is 1. The number of benzene rings is 1. The second-order valence-corrected chi connectivity index (χ2v) is 8.94. The number of piperidine rings is 1. The van der Waals surface area contributed by atoms with E-state index < -0.39 is 0 Å². The van der Waals surface area contributed by atoms with Crippen LogP contribution in [0.4, 0.5) is 15.2 Å². The number of anilines is 2. The van der Waals surface area contributed by atoms with E-state index in [4.69, 9.17) is 11.6 Å². The van der Waals surface area contributed by atoms with Gasteiger partial charge in [0.1, 0.15) is 5.82 Å². The number of halogens is 2. The smallest absolute Gasteiger partial charge is 0.192 e. The molecule has 1 fully saturated rings. The van der Waals surface area contributed by atoms with E-state index in [9.17, 15) is 4.39 Å². The van der Waals surface area contributed by atoms with Gasteiger partial charge in [-0.3, -0.25) is 0 Å². The van der Waals surface area contributed by atoms with E-state index in [1.807, 2.05) is 5.38 Å². The van der Waals surface area contributed by atoms with E-state index in [0.717, 1.165) is 44.2 Å². The molecule has 0 aliphatic carbocycles. The number of hydrogen-bond acceptors (Lipinski definition) is 7. The summed E-state index contributed by atoms with van der Waals surface area (Å²) in [5, 5.41) is 13.4. The zero-order valence-electron chi connectivity index (χ0n) is 15.8. The second kappa shape index (κ2) is 11.8. The van der Waals surface area contributed by atoms with Gasteiger partial charge in [0.2, 0.25) is 0 Å². The van der Waals surface area contributed by atoms with Gasteiger partial charge in [0.25, 0.3) is 0 Å². The Morgan fingerprint density at radius 2 is 2.18 bits per heavy atom. The van der Waals surface area contributed by atoms with E-state index in [1.165, 1.54) is 48.6 Å². The fourth-order valence-corrected chi connectivity index (χ4v) is 4.66. The lowest BCUT2D eigenvalue weighted by Crippen LogP contribution is -2.41. The first kappa shape index (κ1) is 21.6. The summed E-state index contributed by atoms with van der Waals surface area (Å²) >= 11 is 8.94. The molecule has 3 rings (SSSR count). The molecule has 1 atom stereocenters. The molecule has 1 saturated heterocycles. The Bertz CT molecular complexity index is 711. The molecular weight excluding hydrogens is 417 g/mol. The van der Waals surface area contributed by atoms with Gasteiger partial charge in [-0.25, -0.2) is 9.37 Å². The van der Waals surface area contributed by atoms with E-state index in [0.29, 0.717) is 21.6 Å². The van der Waals surface area contributed by atoms with Crippen LogP contribution in [0, 0.1) is 5.82 Å². The van der Waals surface area contributed by atoms with Crippen LogP contribution in [0.5, 0.6) is 0 Å². The first-order valence-corrected chi connectivity index (χ1v) is 11.8. The molecule has 2 aromatic rings. The van der Waals surface area contributed by atoms with Crippen LogP contribution in [0.15, 0.2) is 28.6 Å². The highest BCUT2D eigenvalue weighted by Crippen LogP contribution is 2.32. The fraction of sp³-hybridized carbons (Fsp3) is 0.526. The quantitative estimate of drug-likeness (QED) is 0.290. The molecule has 0 spiro atoms. The Hall–Kier alpha value is -1.06. The maximum absolute atomic E-state index is 14.3. The minimum atomic E-state index is -0.303. The number of nitrogens with one attached hydrogen (secondary N) is 4. The maximum atomic E-state index is 14.3. The molecule has 1 aliphatic rings. The van der Waals surface area contributed by atoms with Crippen LogP contribution < -0.4 is 20.7 Å². The van der Waals surface area contributed by atoms with Crippen molar-refractivity contribution < 1.29 is 4.39 Å². The van der Waals surface area contributed by atoms with Gasteiger partial charge in [-0.2, -0.15) is 0 Å². The number of nitrogens with zero attached hydrogens (tertiary/aromatic N) is 1. The maximum Gasteiger partial charge on any atom is 0.192 e. The van der Waals surface area contributed by atoms with Crippen molar-refractivity contribution in [2.75, 3.05) is 36.2 Å². The molecule has 1 aromatic heterocycles. The van der Waals surface area contributed by atoms with Gasteiger partial charge in [-0.05, 0) is 62.9 Å². The second-order valence-electron chi connectivity index (χ2n) is 6.79. The molecule has 0 radical (unpaired) electrons. The lowest BCUT2D eigenvalue weighted by molar-refractivity contribution is 0.383. The minimum Gasteiger partial charge on any atom is -0.384 e. The normalized spacial score (nSPS) is 16.9. The predicted molar refractivity (Wildman–Crippen MR) is 119 cm³/mol. The molecule has 154 valence electrons. The third kappa shape index (κ3) is 7.08. The third-order valence-electron chi connectivity index (χ3n) is 4.60. The lowest BCUT2D eigenvalue weighted by atomic mass is 10.1. The zero-order chi connectivity index (χ0) is 19.6. The Morgan fingerprint density at radius 1 is 1.29 bits per heavy atom. The van der Waals surface area contributed by atoms with Gasteiger partial charge in [0.15, 0.2) is 5.13 Å². The molecule has 4 N–H and O–H groups in total. The first-order valence-electron chi connectivity index (χ1n) is 9.72. The van der Waals surface area contributed by atoms with E-state index in [1.54, 1.807) is 12.3 Å². The topological polar surface area (TPSA) is 61.0 Å². The van der Waals surface area contributed by atoms with Crippen LogP contribution >= 0.6 is 34.9 Å². The van der Waals surface area contributed by atoms with Gasteiger partial charge >= 0.3 is 0 Å². The molecule has 0 amide bonds. The molecule has 28 heavy (non-hydrogen) atoms. The van der Waals surface area contributed by atoms with Crippen molar-refractivity contribution in [1.29, 1.82) is 0 Å². The molecular formula is C19H27ClFN5S2. The molecule has 1 aromatic carbocycles. The first-order chi connectivity index (χ1) is 13.7. The summed E-state index contributed by atoms with van der Waals surface area (Å²) in [5.74, 6) is -0.303. The van der Waals surface area contributed by atoms with Crippen molar-refractivity contribution in [3.05, 3.63) is 34.5 Å². The molecule has 9 heteroatoms. The number of unbranched alkanes of at least 4 members (excludes halogenated alkanes) is 1. The van der Waals surface area contributed by atoms with Crippen molar-refractivity contribution in [3.63, 3.8) is 0 Å². The standard InChI is InChI=1S/C19H27ClFN5S2/c20-15-11-18(28-26-19-25-9-10-27-19)16(21)12-17(15)24-8-4-3-6-22-13-14-5-1-2-7-23-14/h9-12,14,22-24H,1-8,13H2,(H,25,26)/t14-/m0/s1. The molecule has 0 saturated carbocycles. The lowest BCUT2D eigenvalue weighted by Gasteiger charge is -2.23. The predicted octanol–water partition coefficient (Wildman–Crippen LogP) is 4.98. The third-order valence-corrected chi connectivity index (χ3v) is 6.56. The van der Waals surface area contributed by atoms with Crippen molar-refractivity contribution in [2.24, 2.45) is 0 Å². The summed E-state index contributed by atoms with van der Waals surface area (Å²) in [6.45, 7) is 3.96. The summed E-state index contributed by atoms with van der Waals surface area (Å²) in [6.07, 6.45) is 7.68. The van der Waals surface area contributed by atoms with Gasteiger partial charge < -0.3 is 20.7 Å². The van der Waals surface area contributed by atoms with Crippen LogP contribution in [0.25, 0.3) is 0 Å². The van der Waals surface area contributed by atoms with E-state index >= 15 is 0 Å². The Morgan fingerprint density at radius 3 is 2.96 bits per heavy atom. The molecule has 5 nitrogen and oxygen atoms in total. The highest BCUT2D eigenvalue weighted by Gasteiger charge is 2.12. The minimum absolute atomic E-state index is 0.303. The van der Waals surface area contributed by atoms with E-state index in [-0.39, 0.29) is 5.82 Å². The van der Waals surface area contributed by atoms with Crippen LogP contribution in [0.2, 0.25) is 5.02 Å². The highest BCUT2D eigenvalue weighted by molar-refractivity contribution is 8.00. The average Bonchev–Trinajstić information content (AvgIpc) is 3.23. The highest BCUT2D eigenvalue weighted by atomic mass is 35.5. The summed E-state index contributed by atoms with van der Waals surface area (Å²) < 4.78 is 17.3. The molecule has 0 bridgehead atoms. The van der Waals surface area contributed by atoms with Crippen molar-refractivity contribution in [3.8, 4) is 0 Å². The summed E-state index contributed by atoms with van der Waals surface area (Å²) in [5.41, 5.74) is 0.636. The van der Waals surface area contributed by atoms with Crippen molar-refractivity contribution in [1.82, 2.24) is 15.6 Å². The molecule has 2 heterocycles.